The van der Waals surface area contributed by atoms with Crippen molar-refractivity contribution in [3.8, 4) is 11.5 Å². The first-order valence-corrected chi connectivity index (χ1v) is 6.17. The Morgan fingerprint density at radius 2 is 1.90 bits per heavy atom. The summed E-state index contributed by atoms with van der Waals surface area (Å²) in [6.45, 7) is 0. The Kier molecular flexibility index (Phi) is 4.32. The molecule has 2 rings (SSSR count). The summed E-state index contributed by atoms with van der Waals surface area (Å²) >= 11 is 11.6. The van der Waals surface area contributed by atoms with Crippen molar-refractivity contribution in [3.05, 3.63) is 57.8 Å². The number of hydrogen-bond donors (Lipinski definition) is 2. The zero-order chi connectivity index (χ0) is 14.7. The average molecular weight is 315 g/mol. The van der Waals surface area contributed by atoms with Crippen LogP contribution in [-0.4, -0.2) is 11.0 Å². The van der Waals surface area contributed by atoms with Crippen molar-refractivity contribution in [3.63, 3.8) is 0 Å². The lowest BCUT2D eigenvalue weighted by atomic mass is 10.2. The zero-order valence-corrected chi connectivity index (χ0v) is 11.5. The first-order valence-electron chi connectivity index (χ1n) is 5.41. The van der Waals surface area contributed by atoms with E-state index >= 15 is 0 Å². The number of benzene rings is 2. The molecule has 0 fully saturated rings. The van der Waals surface area contributed by atoms with Crippen LogP contribution in [0.3, 0.4) is 0 Å². The molecule has 0 aromatic heterocycles. The molecule has 0 atom stereocenters. The van der Waals surface area contributed by atoms with Crippen LogP contribution >= 0.6 is 23.2 Å². The number of oxime groups is 1. The van der Waals surface area contributed by atoms with Crippen LogP contribution in [0.4, 0.5) is 4.39 Å². The monoisotopic (exact) mass is 314 g/mol. The summed E-state index contributed by atoms with van der Waals surface area (Å²) in [6, 6.07) is 8.51. The smallest absolute Gasteiger partial charge is 0.170 e. The van der Waals surface area contributed by atoms with Gasteiger partial charge in [0.1, 0.15) is 5.75 Å². The van der Waals surface area contributed by atoms with Crippen LogP contribution in [0.1, 0.15) is 5.56 Å². The van der Waals surface area contributed by atoms with E-state index in [2.05, 4.69) is 5.16 Å². The van der Waals surface area contributed by atoms with Crippen LogP contribution in [0, 0.1) is 5.82 Å². The Labute approximate surface area is 124 Å². The Morgan fingerprint density at radius 1 is 1.15 bits per heavy atom. The highest BCUT2D eigenvalue weighted by atomic mass is 35.5. The fraction of sp³-hybridized carbons (Fsp3) is 0. The summed E-state index contributed by atoms with van der Waals surface area (Å²) < 4.78 is 19.2. The first-order chi connectivity index (χ1) is 9.51. The largest absolute Gasteiger partial charge is 0.454 e. The van der Waals surface area contributed by atoms with Gasteiger partial charge in [-0.15, -0.1) is 0 Å². The second-order valence-corrected chi connectivity index (χ2v) is 4.62. The maximum absolute atomic E-state index is 13.8. The number of nitrogens with zero attached hydrogens (tertiary/aromatic N) is 1. The van der Waals surface area contributed by atoms with Crippen molar-refractivity contribution >= 4 is 29.0 Å². The van der Waals surface area contributed by atoms with Crippen LogP contribution in [0.2, 0.25) is 10.0 Å². The Balaban J connectivity index is 2.28. The number of amidine groups is 1. The first kappa shape index (κ1) is 14.4. The van der Waals surface area contributed by atoms with Gasteiger partial charge in [-0.25, -0.2) is 4.39 Å². The van der Waals surface area contributed by atoms with E-state index < -0.39 is 5.82 Å². The highest BCUT2D eigenvalue weighted by Crippen LogP contribution is 2.30. The van der Waals surface area contributed by atoms with Crippen molar-refractivity contribution in [2.45, 2.75) is 0 Å². The van der Waals surface area contributed by atoms with Crippen molar-refractivity contribution in [1.29, 1.82) is 0 Å². The third-order valence-corrected chi connectivity index (χ3v) is 3.19. The minimum absolute atomic E-state index is 0.0159. The molecule has 4 nitrogen and oxygen atoms in total. The van der Waals surface area contributed by atoms with Crippen LogP contribution in [-0.2, 0) is 0 Å². The molecule has 2 aromatic carbocycles. The Morgan fingerprint density at radius 3 is 2.50 bits per heavy atom. The number of hydrogen-bond acceptors (Lipinski definition) is 3. The van der Waals surface area contributed by atoms with Crippen molar-refractivity contribution < 1.29 is 14.3 Å². The number of rotatable bonds is 3. The van der Waals surface area contributed by atoms with Crippen LogP contribution < -0.4 is 10.5 Å². The van der Waals surface area contributed by atoms with Crippen LogP contribution in [0.5, 0.6) is 11.5 Å². The minimum Gasteiger partial charge on any atom is -0.454 e. The molecule has 0 saturated heterocycles. The van der Waals surface area contributed by atoms with Gasteiger partial charge in [0.15, 0.2) is 17.4 Å². The lowest BCUT2D eigenvalue weighted by Gasteiger charge is -2.08. The topological polar surface area (TPSA) is 67.8 Å². The molecule has 0 spiro atoms. The molecule has 0 aliphatic heterocycles. The van der Waals surface area contributed by atoms with E-state index in [4.69, 9.17) is 38.9 Å². The highest BCUT2D eigenvalue weighted by molar-refractivity contribution is 6.42. The SMILES string of the molecule is N/C(=N\O)c1ccc(Oc2ccc(Cl)c(Cl)c2)c(F)c1. The van der Waals surface area contributed by atoms with Crippen LogP contribution in [0.15, 0.2) is 41.6 Å². The van der Waals surface area contributed by atoms with E-state index in [1.807, 2.05) is 0 Å². The van der Waals surface area contributed by atoms with Crippen molar-refractivity contribution in [1.82, 2.24) is 0 Å². The van der Waals surface area contributed by atoms with Gasteiger partial charge in [-0.1, -0.05) is 28.4 Å². The third kappa shape index (κ3) is 3.12. The van der Waals surface area contributed by atoms with Crippen molar-refractivity contribution in [2.24, 2.45) is 10.9 Å². The maximum atomic E-state index is 13.8. The van der Waals surface area contributed by atoms with Gasteiger partial charge in [-0.3, -0.25) is 0 Å². The molecule has 2 aromatic rings. The molecule has 3 N–H and O–H groups in total. The summed E-state index contributed by atoms with van der Waals surface area (Å²) in [5.41, 5.74) is 5.60. The Bertz CT molecular complexity index is 677. The predicted octanol–water partition coefficient (Wildman–Crippen LogP) is 4.02. The Hall–Kier alpha value is -1.98. The quantitative estimate of drug-likeness (QED) is 0.389. The molecule has 0 radical (unpaired) electrons. The summed E-state index contributed by atoms with van der Waals surface area (Å²) in [5, 5.41) is 12.0. The molecule has 104 valence electrons. The van der Waals surface area contributed by atoms with Gasteiger partial charge >= 0.3 is 0 Å². The lowest BCUT2D eigenvalue weighted by molar-refractivity contribution is 0.318. The number of nitrogens with two attached hydrogens (primary N) is 1. The normalized spacial score (nSPS) is 11.4. The van der Waals surface area contributed by atoms with Gasteiger partial charge in [0.05, 0.1) is 10.0 Å². The number of ether oxygens (including phenoxy) is 1. The lowest BCUT2D eigenvalue weighted by Crippen LogP contribution is -2.13. The average Bonchev–Trinajstić information content (AvgIpc) is 2.44. The summed E-state index contributed by atoms with van der Waals surface area (Å²) in [5.74, 6) is -0.516. The molecule has 0 bridgehead atoms. The molecule has 7 heteroatoms. The van der Waals surface area contributed by atoms with Gasteiger partial charge < -0.3 is 15.7 Å². The molecule has 0 saturated carbocycles. The van der Waals surface area contributed by atoms with E-state index in [9.17, 15) is 4.39 Å². The molecular formula is C13H9Cl2FN2O2. The van der Waals surface area contributed by atoms with E-state index in [1.165, 1.54) is 18.2 Å². The number of halogens is 3. The second kappa shape index (κ2) is 5.98. The summed E-state index contributed by atoms with van der Waals surface area (Å²) in [7, 11) is 0. The zero-order valence-electron chi connectivity index (χ0n) is 9.98. The molecule has 0 aliphatic rings. The fourth-order valence-electron chi connectivity index (χ4n) is 1.47. The summed E-state index contributed by atoms with van der Waals surface area (Å²) in [6.07, 6.45) is 0. The maximum Gasteiger partial charge on any atom is 0.170 e. The summed E-state index contributed by atoms with van der Waals surface area (Å²) in [4.78, 5) is 0. The van der Waals surface area contributed by atoms with E-state index in [0.717, 1.165) is 6.07 Å². The van der Waals surface area contributed by atoms with E-state index in [0.29, 0.717) is 15.8 Å². The van der Waals surface area contributed by atoms with Gasteiger partial charge in [0.2, 0.25) is 0 Å². The van der Waals surface area contributed by atoms with Crippen LogP contribution in [0.25, 0.3) is 0 Å². The highest BCUT2D eigenvalue weighted by Gasteiger charge is 2.09. The molecule has 0 amide bonds. The molecular weight excluding hydrogens is 306 g/mol. The van der Waals surface area contributed by atoms with Gasteiger partial charge in [-0.05, 0) is 30.3 Å². The molecule has 0 unspecified atom stereocenters. The third-order valence-electron chi connectivity index (χ3n) is 2.45. The van der Waals surface area contributed by atoms with E-state index in [-0.39, 0.29) is 17.1 Å². The fourth-order valence-corrected chi connectivity index (χ4v) is 1.76. The molecule has 0 aliphatic carbocycles. The van der Waals surface area contributed by atoms with Gasteiger partial charge in [0, 0.05) is 11.6 Å². The minimum atomic E-state index is -0.653. The molecule has 0 heterocycles. The van der Waals surface area contributed by atoms with Crippen molar-refractivity contribution in [2.75, 3.05) is 0 Å². The van der Waals surface area contributed by atoms with E-state index in [1.54, 1.807) is 12.1 Å². The predicted molar refractivity (Wildman–Crippen MR) is 75.4 cm³/mol. The second-order valence-electron chi connectivity index (χ2n) is 3.81. The van der Waals surface area contributed by atoms with Gasteiger partial charge in [-0.2, -0.15) is 0 Å². The molecule has 20 heavy (non-hydrogen) atoms. The standard InChI is InChI=1S/C13H9Cl2FN2O2/c14-9-3-2-8(6-10(9)15)20-12-4-1-7(5-11(12)16)13(17)18-19/h1-6,19H,(H2,17,18). The van der Waals surface area contributed by atoms with Gasteiger partial charge in [0.25, 0.3) is 0 Å².